The van der Waals surface area contributed by atoms with Crippen LogP contribution < -0.4 is 108 Å². The minimum Gasteiger partial charge on any atom is -0.748 e. The number of rotatable bonds is 29. The Balaban J connectivity index is 0. The van der Waals surface area contributed by atoms with Crippen LogP contribution in [0.1, 0.15) is 255 Å². The summed E-state index contributed by atoms with van der Waals surface area (Å²) in [6.45, 7) is 43.5. The first-order valence-electron chi connectivity index (χ1n) is 42.0. The minimum atomic E-state index is -4.34. The SMILES string of the molecule is CCCCCN1c2cc(OC)ccc2C(C)=CC1(C)C.CCCCCN1c2cc(OC)ccc2C(C)=CC1(C)C.CCCCCN1c2cc(OC)ccc2C(CS(=O)(=O)[O-])=CC1(C)C.CCCCCN1c2cc(OC)ccc2C(CS(=O)(=O)[O-])CC1(C)C.CCOC(=O)CCCBr.COc1ccc2c(c1)NC(C)(C)C=C2C.O=C=O.O=C=O.O=C=O.O=C=O.[Na+].[Na+]. The normalized spacial score (nSPS) is 15.2. The van der Waals surface area contributed by atoms with Crippen molar-refractivity contribution in [3.8, 4) is 28.7 Å². The fraction of sp³-hybridized carbons (Fsp3) is 0.547. The summed E-state index contributed by atoms with van der Waals surface area (Å²) in [7, 11) is -0.216. The molecule has 26 nitrogen and oxygen atoms in total. The summed E-state index contributed by atoms with van der Waals surface area (Å²) in [4.78, 5) is 85.2. The molecule has 1 unspecified atom stereocenters. The molecule has 31 heteroatoms. The molecule has 0 radical (unpaired) electrons. The molecule has 0 bridgehead atoms. The van der Waals surface area contributed by atoms with Gasteiger partial charge in [-0.15, -0.1) is 0 Å². The van der Waals surface area contributed by atoms with E-state index in [-0.39, 0.29) is 129 Å². The molecule has 0 aromatic heterocycles. The van der Waals surface area contributed by atoms with Gasteiger partial charge in [0.05, 0.1) is 90.3 Å². The number of unbranched alkanes of at least 4 members (excludes halogenated alkanes) is 8. The molecule has 0 spiro atoms. The third-order valence-corrected chi connectivity index (χ3v) is 23.1. The van der Waals surface area contributed by atoms with Crippen LogP contribution in [0.25, 0.3) is 22.3 Å². The second-order valence-corrected chi connectivity index (χ2v) is 36.6. The molecule has 0 saturated carbocycles. The van der Waals surface area contributed by atoms with Crippen molar-refractivity contribution in [3.05, 3.63) is 143 Å². The van der Waals surface area contributed by atoms with E-state index in [1.807, 2.05) is 69.3 Å². The van der Waals surface area contributed by atoms with E-state index in [0.29, 0.717) is 25.0 Å². The molecular formula is C95H136BrN5Na2O21S2. The molecule has 5 aromatic rings. The average Bonchev–Trinajstić information content (AvgIpc) is 0.768. The summed E-state index contributed by atoms with van der Waals surface area (Å²) in [6, 6.07) is 30.3. The molecular weight excluding hydrogens is 1740 g/mol. The van der Waals surface area contributed by atoms with Gasteiger partial charge in [0.1, 0.15) is 28.7 Å². The summed E-state index contributed by atoms with van der Waals surface area (Å²) >= 11 is 3.22. The molecule has 0 aliphatic carbocycles. The van der Waals surface area contributed by atoms with Crippen molar-refractivity contribution in [2.24, 2.45) is 0 Å². The number of ether oxygens (including phenoxy) is 6. The molecule has 1 atom stereocenters. The number of hydrogen-bond donors (Lipinski definition) is 1. The van der Waals surface area contributed by atoms with Gasteiger partial charge in [-0.25, -0.2) is 16.8 Å². The second-order valence-electron chi connectivity index (χ2n) is 33.0. The van der Waals surface area contributed by atoms with Gasteiger partial charge in [-0.3, -0.25) is 4.79 Å². The molecule has 0 amide bonds. The number of alkyl halides is 1. The van der Waals surface area contributed by atoms with E-state index in [1.165, 1.54) is 83.3 Å². The van der Waals surface area contributed by atoms with Gasteiger partial charge in [0.2, 0.25) is 0 Å². The summed E-state index contributed by atoms with van der Waals surface area (Å²) in [5, 5.41) is 4.35. The first-order chi connectivity index (χ1) is 58.3. The summed E-state index contributed by atoms with van der Waals surface area (Å²) in [5.74, 6) is 3.03. The number of benzene rings is 5. The number of hydrogen-bond acceptors (Lipinski definition) is 26. The number of fused-ring (bicyclic) bond motifs is 5. The first kappa shape index (κ1) is 120. The van der Waals surface area contributed by atoms with Crippen LogP contribution in [0.15, 0.2) is 115 Å². The predicted octanol–water partition coefficient (Wildman–Crippen LogP) is 13.4. The number of nitrogens with one attached hydrogen (secondary N) is 1. The Morgan fingerprint density at radius 3 is 1.12 bits per heavy atom. The van der Waals surface area contributed by atoms with Crippen molar-refractivity contribution in [1.82, 2.24) is 0 Å². The number of esters is 1. The largest absolute Gasteiger partial charge is 1.00 e. The third kappa shape index (κ3) is 41.0. The first-order valence-corrected chi connectivity index (χ1v) is 46.3. The van der Waals surface area contributed by atoms with Crippen LogP contribution in [0.4, 0.5) is 28.4 Å². The molecule has 126 heavy (non-hydrogen) atoms. The zero-order chi connectivity index (χ0) is 94.4. The van der Waals surface area contributed by atoms with Crippen LogP contribution >= 0.6 is 15.9 Å². The van der Waals surface area contributed by atoms with Gasteiger partial charge in [0.15, 0.2) is 0 Å². The zero-order valence-electron chi connectivity index (χ0n) is 79.4. The maximum Gasteiger partial charge on any atom is 1.00 e. The summed E-state index contributed by atoms with van der Waals surface area (Å²) in [5.41, 5.74) is 15.5. The van der Waals surface area contributed by atoms with Crippen LogP contribution in [0.2, 0.25) is 0 Å². The number of carbonyl (C=O) groups is 1. The maximum absolute atomic E-state index is 11.3. The van der Waals surface area contributed by atoms with E-state index >= 15 is 0 Å². The smallest absolute Gasteiger partial charge is 0.748 e. The van der Waals surface area contributed by atoms with Gasteiger partial charge in [-0.2, -0.15) is 38.4 Å². The Morgan fingerprint density at radius 2 is 0.770 bits per heavy atom. The monoisotopic (exact) mass is 1870 g/mol. The van der Waals surface area contributed by atoms with Crippen molar-refractivity contribution in [3.63, 3.8) is 0 Å². The Morgan fingerprint density at radius 1 is 0.444 bits per heavy atom. The Bertz CT molecular complexity index is 4540. The third-order valence-electron chi connectivity index (χ3n) is 21.1. The summed E-state index contributed by atoms with van der Waals surface area (Å²) in [6.07, 6.45) is 26.2. The molecule has 688 valence electrons. The molecule has 10 rings (SSSR count). The molecule has 5 heterocycles. The number of methoxy groups -OCH3 is 5. The van der Waals surface area contributed by atoms with Gasteiger partial charge in [0, 0.05) is 136 Å². The van der Waals surface area contributed by atoms with E-state index in [2.05, 4.69) is 210 Å². The average molecular weight is 1870 g/mol. The van der Waals surface area contributed by atoms with Gasteiger partial charge in [-0.05, 0) is 218 Å². The fourth-order valence-electron chi connectivity index (χ4n) is 15.8. The van der Waals surface area contributed by atoms with E-state index in [1.54, 1.807) is 41.6 Å². The molecule has 5 aliphatic rings. The standard InChI is InChI=1S/C18H29NO4S.C18H27NO4S.2C18H27NO.C13H17NO.C6H11BrO2.4CO2.2Na/c2*1-5-6-7-10-19-17-11-15(23-4)8-9-16(17)14(12-18(19,2)3)13-24(20,21)22;2*1-6-7-8-11-19-17-12-15(20-5)9-10-16(17)14(2)13-18(19,3)4;1-9-8-13(2,3)14-12-7-10(15-4)5-6-11(9)12;1-2-9-6(8)4-3-5-7;4*2-1-3;;/h8-9,11,14H,5-7,10,12-13H2,1-4H3,(H,20,21,22);8-9,11-12H,5-7,10,13H2,1-4H3,(H,20,21,22);2*9-10,12-13H,6-8,11H2,1-5H3;5-8,14H,1-4H3;2-5H2,1H3;;;;;;/q;;;;;;;;;;2*+1/p-2. The topological polar surface area (TPSA) is 348 Å². The van der Waals surface area contributed by atoms with Gasteiger partial charge >= 0.3 is 89.7 Å². The van der Waals surface area contributed by atoms with Crippen LogP contribution in [-0.4, -0.2) is 169 Å². The maximum atomic E-state index is 11.3. The molecule has 0 fully saturated rings. The number of allylic oxidation sites excluding steroid dienone is 3. The van der Waals surface area contributed by atoms with Gasteiger partial charge in [0.25, 0.3) is 0 Å². The second kappa shape index (κ2) is 60.3. The van der Waals surface area contributed by atoms with Crippen molar-refractivity contribution < 1.29 is 157 Å². The quantitative estimate of drug-likeness (QED) is 0.0153. The van der Waals surface area contributed by atoms with Crippen molar-refractivity contribution in [2.75, 3.05) is 110 Å². The van der Waals surface area contributed by atoms with Crippen molar-refractivity contribution in [1.29, 1.82) is 0 Å². The Hall–Kier alpha value is -7.65. The summed E-state index contributed by atoms with van der Waals surface area (Å²) < 4.78 is 99.3. The van der Waals surface area contributed by atoms with Crippen LogP contribution in [0.3, 0.4) is 0 Å². The van der Waals surface area contributed by atoms with E-state index < -0.39 is 26.0 Å². The Kier molecular flexibility index (Phi) is 57.6. The number of anilines is 5. The van der Waals surface area contributed by atoms with E-state index in [0.717, 1.165) is 133 Å². The zero-order valence-corrected chi connectivity index (χ0v) is 86.6. The van der Waals surface area contributed by atoms with Crippen LogP contribution in [-0.2, 0) is 68.1 Å². The van der Waals surface area contributed by atoms with Crippen LogP contribution in [0, 0.1) is 0 Å². The molecule has 5 aromatic carbocycles. The van der Waals surface area contributed by atoms with Crippen LogP contribution in [0.5, 0.6) is 28.7 Å². The van der Waals surface area contributed by atoms with Gasteiger partial charge in [-0.1, -0.05) is 125 Å². The Labute approximate surface area is 803 Å². The fourth-order valence-corrected chi connectivity index (χ4v) is 17.5. The number of halogens is 1. The van der Waals surface area contributed by atoms with E-state index in [4.69, 9.17) is 62.0 Å². The number of nitrogens with zero attached hydrogens (tertiary/aromatic N) is 4. The number of carbonyl (C=O) groups excluding carboxylic acids is 9. The van der Waals surface area contributed by atoms with Gasteiger partial charge < -0.3 is 62.4 Å². The van der Waals surface area contributed by atoms with Crippen molar-refractivity contribution in [2.45, 2.75) is 255 Å². The van der Waals surface area contributed by atoms with Crippen molar-refractivity contribution >= 4 is 117 Å². The molecule has 5 aliphatic heterocycles. The molecule has 0 saturated heterocycles. The predicted molar refractivity (Wildman–Crippen MR) is 492 cm³/mol. The minimum absolute atomic E-state index is 0. The van der Waals surface area contributed by atoms with E-state index in [9.17, 15) is 30.7 Å². The molecule has 1 N–H and O–H groups in total.